The van der Waals surface area contributed by atoms with Crippen molar-refractivity contribution in [1.82, 2.24) is 4.98 Å². The lowest BCUT2D eigenvalue weighted by Crippen LogP contribution is -2.08. The third-order valence-corrected chi connectivity index (χ3v) is 4.86. The second-order valence-electron chi connectivity index (χ2n) is 7.71. The first-order valence-electron chi connectivity index (χ1n) is 10.9. The predicted molar refractivity (Wildman–Crippen MR) is 121 cm³/mol. The monoisotopic (exact) mass is 420 g/mol. The molecule has 0 radical (unpaired) electrons. The van der Waals surface area contributed by atoms with E-state index >= 15 is 0 Å². The number of nitrogens with zero attached hydrogens (tertiary/aromatic N) is 1. The van der Waals surface area contributed by atoms with Gasteiger partial charge in [0, 0.05) is 11.8 Å². The highest BCUT2D eigenvalue weighted by molar-refractivity contribution is 5.52. The van der Waals surface area contributed by atoms with E-state index in [4.69, 9.17) is 5.73 Å². The molecule has 30 heavy (non-hydrogen) atoms. The van der Waals surface area contributed by atoms with Crippen LogP contribution >= 0.6 is 0 Å². The van der Waals surface area contributed by atoms with Gasteiger partial charge in [0.15, 0.2) is 11.6 Å². The Morgan fingerprint density at radius 3 is 2.03 bits per heavy atom. The van der Waals surface area contributed by atoms with Crippen LogP contribution in [0.5, 0.6) is 0 Å². The number of hydrogen-bond acceptors (Lipinski definition) is 2. The maximum Gasteiger partial charge on any atom is 0.165 e. The molecule has 1 aromatic heterocycles. The number of halogens is 3. The van der Waals surface area contributed by atoms with E-state index < -0.39 is 23.4 Å². The van der Waals surface area contributed by atoms with E-state index in [0.29, 0.717) is 5.56 Å². The summed E-state index contributed by atoms with van der Waals surface area (Å²) in [6.07, 6.45) is 13.7. The topological polar surface area (TPSA) is 38.9 Å². The summed E-state index contributed by atoms with van der Waals surface area (Å²) in [5.41, 5.74) is 6.89. The molecular weight excluding hydrogens is 385 g/mol. The molecule has 0 bridgehead atoms. The van der Waals surface area contributed by atoms with Gasteiger partial charge in [-0.25, -0.2) is 18.2 Å². The summed E-state index contributed by atoms with van der Waals surface area (Å²) in [4.78, 5) is 4.00. The van der Waals surface area contributed by atoms with Crippen LogP contribution in [0.3, 0.4) is 0 Å². The Kier molecular flexibility index (Phi) is 11.9. The molecule has 1 aliphatic rings. The molecular formula is C25H35F3N2. The molecule has 0 aliphatic heterocycles. The second kappa shape index (κ2) is 13.8. The summed E-state index contributed by atoms with van der Waals surface area (Å²) in [7, 11) is 0. The van der Waals surface area contributed by atoms with Gasteiger partial charge in [0.05, 0.1) is 0 Å². The number of nitrogens with two attached hydrogens (primary N) is 1. The number of nitrogen functional groups attached to an aromatic ring is 1. The minimum atomic E-state index is -1.16. The summed E-state index contributed by atoms with van der Waals surface area (Å²) in [6, 6.07) is 3.45. The number of benzene rings is 1. The maximum atomic E-state index is 13.8. The molecule has 0 amide bonds. The van der Waals surface area contributed by atoms with Gasteiger partial charge in [-0.2, -0.15) is 0 Å². The Balaban J connectivity index is 0.000000415. The fourth-order valence-electron chi connectivity index (χ4n) is 3.30. The lowest BCUT2D eigenvalue weighted by molar-refractivity contribution is 0.467. The molecule has 166 valence electrons. The maximum absolute atomic E-state index is 13.8. The number of pyridine rings is 1. The van der Waals surface area contributed by atoms with E-state index in [-0.39, 0.29) is 17.8 Å². The normalized spacial score (nSPS) is 13.9. The SMILES string of the molecule is C1CCCCC1.C=Cc1cnc(N)c(CC(C)c2c(F)ccc(F)c2F)c1.CCC. The summed E-state index contributed by atoms with van der Waals surface area (Å²) in [6.45, 7) is 9.49. The Morgan fingerprint density at radius 2 is 1.53 bits per heavy atom. The van der Waals surface area contributed by atoms with Crippen LogP contribution in [0.2, 0.25) is 0 Å². The van der Waals surface area contributed by atoms with Crippen molar-refractivity contribution in [3.63, 3.8) is 0 Å². The molecule has 3 rings (SSSR count). The third kappa shape index (κ3) is 8.21. The highest BCUT2D eigenvalue weighted by atomic mass is 19.2. The van der Waals surface area contributed by atoms with Crippen molar-refractivity contribution >= 4 is 11.9 Å². The first kappa shape index (κ1) is 25.7. The van der Waals surface area contributed by atoms with Crippen molar-refractivity contribution in [3.05, 3.63) is 65.1 Å². The molecule has 1 aliphatic carbocycles. The van der Waals surface area contributed by atoms with E-state index in [1.54, 1.807) is 25.3 Å². The quantitative estimate of drug-likeness (QED) is 0.512. The molecule has 2 N–H and O–H groups in total. The highest BCUT2D eigenvalue weighted by Gasteiger charge is 2.20. The first-order valence-corrected chi connectivity index (χ1v) is 10.9. The van der Waals surface area contributed by atoms with Gasteiger partial charge in [-0.05, 0) is 41.7 Å². The average molecular weight is 421 g/mol. The van der Waals surface area contributed by atoms with Gasteiger partial charge in [0.2, 0.25) is 0 Å². The van der Waals surface area contributed by atoms with Crippen LogP contribution in [0.1, 0.15) is 88.3 Å². The van der Waals surface area contributed by atoms with Gasteiger partial charge in [0.1, 0.15) is 11.6 Å². The van der Waals surface area contributed by atoms with Gasteiger partial charge in [0.25, 0.3) is 0 Å². The van der Waals surface area contributed by atoms with Gasteiger partial charge in [-0.1, -0.05) is 78.4 Å². The lowest BCUT2D eigenvalue weighted by atomic mass is 9.92. The van der Waals surface area contributed by atoms with Crippen molar-refractivity contribution in [2.75, 3.05) is 5.73 Å². The predicted octanol–water partition coefficient (Wildman–Crippen LogP) is 7.83. The average Bonchev–Trinajstić information content (AvgIpc) is 2.75. The Morgan fingerprint density at radius 1 is 1.03 bits per heavy atom. The van der Waals surface area contributed by atoms with E-state index in [0.717, 1.165) is 17.7 Å². The van der Waals surface area contributed by atoms with Gasteiger partial charge >= 0.3 is 0 Å². The van der Waals surface area contributed by atoms with Crippen molar-refractivity contribution in [2.45, 2.75) is 78.1 Å². The van der Waals surface area contributed by atoms with Gasteiger partial charge < -0.3 is 5.73 Å². The molecule has 1 heterocycles. The molecule has 0 saturated heterocycles. The third-order valence-electron chi connectivity index (χ3n) is 4.86. The number of aromatic nitrogens is 1. The van der Waals surface area contributed by atoms with E-state index in [1.165, 1.54) is 44.9 Å². The first-order chi connectivity index (χ1) is 14.3. The molecule has 1 saturated carbocycles. The molecule has 5 heteroatoms. The van der Waals surface area contributed by atoms with Crippen LogP contribution in [-0.2, 0) is 6.42 Å². The molecule has 2 nitrogen and oxygen atoms in total. The van der Waals surface area contributed by atoms with Crippen LogP contribution in [0.4, 0.5) is 19.0 Å². The van der Waals surface area contributed by atoms with Crippen molar-refractivity contribution in [3.8, 4) is 0 Å². The largest absolute Gasteiger partial charge is 0.383 e. The fraction of sp³-hybridized carbons (Fsp3) is 0.480. The summed E-state index contributed by atoms with van der Waals surface area (Å²) >= 11 is 0. The lowest BCUT2D eigenvalue weighted by Gasteiger charge is -2.15. The summed E-state index contributed by atoms with van der Waals surface area (Å²) in [5.74, 6) is -3.29. The molecule has 2 aromatic rings. The minimum absolute atomic E-state index is 0.248. The minimum Gasteiger partial charge on any atom is -0.383 e. The summed E-state index contributed by atoms with van der Waals surface area (Å²) in [5, 5.41) is 0. The Labute approximate surface area is 179 Å². The molecule has 1 unspecified atom stereocenters. The van der Waals surface area contributed by atoms with E-state index in [9.17, 15) is 13.2 Å². The van der Waals surface area contributed by atoms with Crippen LogP contribution < -0.4 is 5.73 Å². The number of hydrogen-bond donors (Lipinski definition) is 1. The molecule has 1 aromatic carbocycles. The van der Waals surface area contributed by atoms with Crippen molar-refractivity contribution in [1.29, 1.82) is 0 Å². The van der Waals surface area contributed by atoms with Gasteiger partial charge in [-0.15, -0.1) is 0 Å². The second-order valence-corrected chi connectivity index (χ2v) is 7.71. The van der Waals surface area contributed by atoms with E-state index in [1.807, 2.05) is 0 Å². The fourth-order valence-corrected chi connectivity index (χ4v) is 3.30. The Hall–Kier alpha value is -2.30. The zero-order chi connectivity index (χ0) is 22.5. The molecule has 1 fully saturated rings. The smallest absolute Gasteiger partial charge is 0.165 e. The standard InChI is InChI=1S/C16H15F3N2.C6H12.C3H8/c1-3-10-7-11(16(20)21-8-10)6-9(2)14-12(17)4-5-13(18)15(14)19;1-2-4-6-5-3-1;1-3-2/h3-5,7-9H,1,6H2,2H3,(H2,20,21);1-6H2;3H2,1-2H3. The highest BCUT2D eigenvalue weighted by Crippen LogP contribution is 2.28. The molecule has 1 atom stereocenters. The van der Waals surface area contributed by atoms with Crippen LogP contribution in [-0.4, -0.2) is 4.98 Å². The van der Waals surface area contributed by atoms with Crippen LogP contribution in [0, 0.1) is 17.5 Å². The summed E-state index contributed by atoms with van der Waals surface area (Å²) < 4.78 is 40.8. The van der Waals surface area contributed by atoms with Crippen molar-refractivity contribution in [2.24, 2.45) is 0 Å². The zero-order valence-electron chi connectivity index (χ0n) is 18.5. The number of anilines is 1. The Bertz CT molecular complexity index is 775. The zero-order valence-corrected chi connectivity index (χ0v) is 18.5. The van der Waals surface area contributed by atoms with Gasteiger partial charge in [-0.3, -0.25) is 0 Å². The van der Waals surface area contributed by atoms with E-state index in [2.05, 4.69) is 25.4 Å². The molecule has 0 spiro atoms. The number of rotatable bonds is 4. The van der Waals surface area contributed by atoms with Crippen LogP contribution in [0.15, 0.2) is 31.0 Å². The van der Waals surface area contributed by atoms with Crippen molar-refractivity contribution < 1.29 is 13.2 Å². The van der Waals surface area contributed by atoms with Crippen LogP contribution in [0.25, 0.3) is 6.08 Å².